The van der Waals surface area contributed by atoms with Gasteiger partial charge in [0.25, 0.3) is 6.43 Å². The van der Waals surface area contributed by atoms with Crippen LogP contribution in [0.3, 0.4) is 0 Å². The summed E-state index contributed by atoms with van der Waals surface area (Å²) in [6.45, 7) is 7.83. The second-order valence-corrected chi connectivity index (χ2v) is 14.9. The third-order valence-corrected chi connectivity index (χ3v) is 9.05. The van der Waals surface area contributed by atoms with Gasteiger partial charge in [-0.05, 0) is 61.8 Å². The first kappa shape index (κ1) is 40.1. The highest BCUT2D eigenvalue weighted by molar-refractivity contribution is 6.32. The third-order valence-electron chi connectivity index (χ3n) is 8.73. The lowest BCUT2D eigenvalue weighted by molar-refractivity contribution is -0.150. The van der Waals surface area contributed by atoms with Gasteiger partial charge in [-0.3, -0.25) is 9.69 Å². The number of rotatable bonds is 13. The van der Waals surface area contributed by atoms with Crippen molar-refractivity contribution in [3.63, 3.8) is 0 Å². The van der Waals surface area contributed by atoms with Crippen molar-refractivity contribution < 1.29 is 36.3 Å². The SMILES string of the molecule is C[C@H](NC(=O)OC[C@H](c1ccc(Cl)c(-n2ncnc2C(F)F)c1)N(C=O)C(N)=NC(C)(CC(C)(C)C)c1ccc(-c2cn(C3CC3)nn2)cc1)C(F)(F)F. The van der Waals surface area contributed by atoms with Gasteiger partial charge in [-0.25, -0.2) is 32.9 Å². The Balaban J connectivity index is 1.53. The molecule has 0 bridgehead atoms. The summed E-state index contributed by atoms with van der Waals surface area (Å²) in [4.78, 5) is 34.8. The first-order chi connectivity index (χ1) is 25.3. The van der Waals surface area contributed by atoms with E-state index in [0.29, 0.717) is 24.6 Å². The Kier molecular flexibility index (Phi) is 11.6. The minimum atomic E-state index is -4.76. The lowest BCUT2D eigenvalue weighted by Crippen LogP contribution is -2.46. The van der Waals surface area contributed by atoms with Crippen LogP contribution in [0.5, 0.6) is 0 Å². The second-order valence-electron chi connectivity index (χ2n) is 14.4. The van der Waals surface area contributed by atoms with Crippen LogP contribution in [0.2, 0.25) is 5.02 Å². The van der Waals surface area contributed by atoms with E-state index in [0.717, 1.165) is 46.8 Å². The smallest absolute Gasteiger partial charge is 0.408 e. The molecular formula is C35H40ClF5N10O3. The van der Waals surface area contributed by atoms with Crippen LogP contribution in [0.1, 0.15) is 89.3 Å². The molecule has 13 nitrogen and oxygen atoms in total. The fraction of sp³-hybridized carbons (Fsp3) is 0.457. The van der Waals surface area contributed by atoms with Crippen LogP contribution >= 0.6 is 11.6 Å². The molecule has 1 fully saturated rings. The molecule has 1 unspecified atom stereocenters. The summed E-state index contributed by atoms with van der Waals surface area (Å²) < 4.78 is 74.9. The normalized spacial score (nSPS) is 16.1. The number of hydrogen-bond donors (Lipinski definition) is 2. The number of guanidine groups is 1. The van der Waals surface area contributed by atoms with Crippen LogP contribution in [0, 0.1) is 5.41 Å². The number of aromatic nitrogens is 6. The molecule has 0 aliphatic heterocycles. The number of nitrogens with zero attached hydrogens (tertiary/aromatic N) is 8. The summed E-state index contributed by atoms with van der Waals surface area (Å²) in [6.07, 6.45) is -3.58. The third kappa shape index (κ3) is 9.50. The van der Waals surface area contributed by atoms with Gasteiger partial charge in [-0.15, -0.1) is 5.10 Å². The zero-order valence-corrected chi connectivity index (χ0v) is 30.8. The number of nitrogens with two attached hydrogens (primary N) is 1. The van der Waals surface area contributed by atoms with E-state index in [9.17, 15) is 31.5 Å². The Labute approximate surface area is 312 Å². The number of hydrogen-bond acceptors (Lipinski definition) is 8. The van der Waals surface area contributed by atoms with Gasteiger partial charge in [-0.2, -0.15) is 18.3 Å². The van der Waals surface area contributed by atoms with Gasteiger partial charge in [0.15, 0.2) is 11.8 Å². The topological polar surface area (TPSA) is 158 Å². The van der Waals surface area contributed by atoms with Crippen molar-refractivity contribution in [2.24, 2.45) is 16.1 Å². The Morgan fingerprint density at radius 1 is 1.15 bits per heavy atom. The number of alkyl carbamates (subject to hydrolysis) is 1. The van der Waals surface area contributed by atoms with Gasteiger partial charge in [0.2, 0.25) is 6.41 Å². The Morgan fingerprint density at radius 3 is 2.43 bits per heavy atom. The van der Waals surface area contributed by atoms with Gasteiger partial charge in [0, 0.05) is 5.56 Å². The molecule has 0 radical (unpaired) electrons. The van der Waals surface area contributed by atoms with E-state index in [1.807, 2.05) is 62.8 Å². The van der Waals surface area contributed by atoms with Crippen LogP contribution in [-0.2, 0) is 15.1 Å². The summed E-state index contributed by atoms with van der Waals surface area (Å²) in [7, 11) is 0. The van der Waals surface area contributed by atoms with Crippen molar-refractivity contribution >= 4 is 30.1 Å². The Hall–Kier alpha value is -5.13. The number of carbonyl (C=O) groups is 2. The molecular weight excluding hydrogens is 739 g/mol. The summed E-state index contributed by atoms with van der Waals surface area (Å²) >= 11 is 6.38. The van der Waals surface area contributed by atoms with E-state index in [1.165, 1.54) is 18.2 Å². The molecule has 3 atom stereocenters. The van der Waals surface area contributed by atoms with Gasteiger partial charge in [-0.1, -0.05) is 67.9 Å². The van der Waals surface area contributed by atoms with Crippen molar-refractivity contribution in [2.45, 2.75) is 90.1 Å². The van der Waals surface area contributed by atoms with Gasteiger partial charge in [0.1, 0.15) is 24.7 Å². The largest absolute Gasteiger partial charge is 0.447 e. The van der Waals surface area contributed by atoms with Gasteiger partial charge < -0.3 is 15.8 Å². The zero-order valence-electron chi connectivity index (χ0n) is 30.1. The second kappa shape index (κ2) is 15.7. The maximum Gasteiger partial charge on any atom is 0.408 e. The molecule has 19 heteroatoms. The fourth-order valence-corrected chi connectivity index (χ4v) is 6.24. The zero-order chi connectivity index (χ0) is 39.6. The van der Waals surface area contributed by atoms with E-state index in [1.54, 1.807) is 5.32 Å². The van der Waals surface area contributed by atoms with Crippen molar-refractivity contribution in [3.05, 3.63) is 77.0 Å². The highest BCUT2D eigenvalue weighted by Crippen LogP contribution is 2.40. The van der Waals surface area contributed by atoms with E-state index in [2.05, 4.69) is 20.4 Å². The number of carbonyl (C=O) groups excluding carboxylic acids is 2. The number of alkyl halides is 5. The van der Waals surface area contributed by atoms with Crippen LogP contribution in [0.25, 0.3) is 16.9 Å². The quantitative estimate of drug-likeness (QED) is 0.0620. The minimum Gasteiger partial charge on any atom is -0.447 e. The Bertz CT molecular complexity index is 1970. The monoisotopic (exact) mass is 778 g/mol. The first-order valence-corrected chi connectivity index (χ1v) is 17.3. The molecule has 54 heavy (non-hydrogen) atoms. The van der Waals surface area contributed by atoms with Crippen LogP contribution < -0.4 is 11.1 Å². The molecule has 4 aromatic rings. The van der Waals surface area contributed by atoms with Crippen molar-refractivity contribution in [1.29, 1.82) is 0 Å². The number of nitrogens with one attached hydrogen (secondary N) is 1. The van der Waals surface area contributed by atoms with Gasteiger partial charge in [0.05, 0.1) is 34.5 Å². The average molecular weight is 779 g/mol. The molecule has 2 aromatic heterocycles. The predicted octanol–water partition coefficient (Wildman–Crippen LogP) is 7.29. The molecule has 1 saturated carbocycles. The highest BCUT2D eigenvalue weighted by atomic mass is 35.5. The number of halogens is 6. The molecule has 2 amide bonds. The van der Waals surface area contributed by atoms with Crippen LogP contribution in [0.4, 0.5) is 26.7 Å². The molecule has 1 aliphatic rings. The average Bonchev–Trinajstić information content (AvgIpc) is 3.59. The van der Waals surface area contributed by atoms with E-state index >= 15 is 0 Å². The molecule has 5 rings (SSSR count). The van der Waals surface area contributed by atoms with Gasteiger partial charge >= 0.3 is 12.3 Å². The Morgan fingerprint density at radius 2 is 1.83 bits per heavy atom. The molecule has 290 valence electrons. The maximum absolute atomic E-state index is 13.8. The molecule has 1 aliphatic carbocycles. The first-order valence-electron chi connectivity index (χ1n) is 16.9. The molecule has 0 spiro atoms. The standard InChI is InChI=1S/C35H40ClF5N10O3/c1-20(35(39,40)41)45-32(53)54-16-28(22-8-13-25(36)27(14-22)51-30(29(37)38)43-18-44-51)49(19-52)31(42)46-34(5,17-33(2,3)4)23-9-6-21(7-10-23)26-15-50(48-47-26)24-11-12-24/h6-10,13-15,18-20,24,28-29H,11-12,16-17H2,1-5H3,(H2,42,46)(H,45,53)/t20-,28+,34?/m0/s1. The molecule has 0 saturated heterocycles. The minimum absolute atomic E-state index is 0.0295. The number of amides is 2. The van der Waals surface area contributed by atoms with Crippen molar-refractivity contribution in [2.75, 3.05) is 6.61 Å². The van der Waals surface area contributed by atoms with Crippen LogP contribution in [-0.4, -0.2) is 71.9 Å². The van der Waals surface area contributed by atoms with Crippen molar-refractivity contribution in [1.82, 2.24) is 40.0 Å². The summed E-state index contributed by atoms with van der Waals surface area (Å²) in [5.41, 5.74) is 7.54. The lowest BCUT2D eigenvalue weighted by Gasteiger charge is -2.35. The maximum atomic E-state index is 13.8. The number of aliphatic imine (C=N–C) groups is 1. The summed E-state index contributed by atoms with van der Waals surface area (Å²) in [5, 5.41) is 14.0. The molecule has 2 heterocycles. The molecule has 3 N–H and O–H groups in total. The predicted molar refractivity (Wildman–Crippen MR) is 189 cm³/mol. The van der Waals surface area contributed by atoms with Crippen molar-refractivity contribution in [3.8, 4) is 16.9 Å². The summed E-state index contributed by atoms with van der Waals surface area (Å²) in [6, 6.07) is 8.30. The fourth-order valence-electron chi connectivity index (χ4n) is 6.04. The van der Waals surface area contributed by atoms with E-state index < -0.39 is 48.7 Å². The highest BCUT2D eigenvalue weighted by Gasteiger charge is 2.38. The van der Waals surface area contributed by atoms with Crippen LogP contribution in [0.15, 0.2) is 60.0 Å². The molecule has 2 aromatic carbocycles. The number of benzene rings is 2. The number of ether oxygens (including phenoxy) is 1. The van der Waals surface area contributed by atoms with E-state index in [4.69, 9.17) is 27.1 Å². The summed E-state index contributed by atoms with van der Waals surface area (Å²) in [5.74, 6) is -1.07. The van der Waals surface area contributed by atoms with E-state index in [-0.39, 0.29) is 27.6 Å². The lowest BCUT2D eigenvalue weighted by atomic mass is 9.77.